The van der Waals surface area contributed by atoms with Crippen LogP contribution >= 0.6 is 11.3 Å². The van der Waals surface area contributed by atoms with E-state index in [4.69, 9.17) is 0 Å². The number of hydrogen-bond acceptors (Lipinski definition) is 5. The molecule has 1 fully saturated rings. The number of nitrogens with one attached hydrogen (secondary N) is 2. The number of aryl methyl sites for hydroxylation is 2. The van der Waals surface area contributed by atoms with Crippen molar-refractivity contribution in [1.29, 1.82) is 0 Å². The van der Waals surface area contributed by atoms with Crippen LogP contribution < -0.4 is 10.6 Å². The van der Waals surface area contributed by atoms with Gasteiger partial charge in [-0.15, -0.1) is 10.2 Å². The summed E-state index contributed by atoms with van der Waals surface area (Å²) in [5.74, 6) is -0.897. The van der Waals surface area contributed by atoms with E-state index in [-0.39, 0.29) is 17.1 Å². The molecule has 0 spiro atoms. The van der Waals surface area contributed by atoms with E-state index >= 15 is 0 Å². The molecule has 3 amide bonds. The molecule has 2 N–H and O–H groups in total. The highest BCUT2D eigenvalue weighted by Gasteiger charge is 2.33. The van der Waals surface area contributed by atoms with Gasteiger partial charge in [0.25, 0.3) is 5.91 Å². The molecule has 9 heteroatoms. The molecule has 0 bridgehead atoms. The topological polar surface area (TPSA) is 87.2 Å². The molecule has 31 heavy (non-hydrogen) atoms. The highest BCUT2D eigenvalue weighted by atomic mass is 32.1. The van der Waals surface area contributed by atoms with Gasteiger partial charge in [0, 0.05) is 17.9 Å². The van der Waals surface area contributed by atoms with Gasteiger partial charge in [-0.05, 0) is 62.1 Å². The smallest absolute Gasteiger partial charge is 0.320 e. The monoisotopic (exact) mass is 439 g/mol. The molecule has 2 aromatic carbocycles. The maximum absolute atomic E-state index is 13.3. The molecular weight excluding hydrogens is 417 g/mol. The molecule has 1 atom stereocenters. The number of carbonyl (C=O) groups is 2. The molecular formula is C22H22FN5O2S. The Labute approximate surface area is 183 Å². The number of urea groups is 1. The fourth-order valence-corrected chi connectivity index (χ4v) is 4.42. The molecule has 4 rings (SSSR count). The van der Waals surface area contributed by atoms with Crippen LogP contribution in [0.25, 0.3) is 0 Å². The Balaban J connectivity index is 1.46. The van der Waals surface area contributed by atoms with Crippen LogP contribution in [0.15, 0.2) is 42.5 Å². The van der Waals surface area contributed by atoms with Crippen LogP contribution in [0.2, 0.25) is 0 Å². The fraction of sp³-hybridized carbons (Fsp3) is 0.273. The number of aromatic nitrogens is 2. The third kappa shape index (κ3) is 4.72. The minimum atomic E-state index is -0.460. The second-order valence-electron chi connectivity index (χ2n) is 7.51. The molecule has 3 aromatic rings. The lowest BCUT2D eigenvalue weighted by molar-refractivity contribution is 0.102. The van der Waals surface area contributed by atoms with Crippen molar-refractivity contribution in [2.45, 2.75) is 32.7 Å². The van der Waals surface area contributed by atoms with Gasteiger partial charge in [0.15, 0.2) is 0 Å². The summed E-state index contributed by atoms with van der Waals surface area (Å²) in [4.78, 5) is 27.1. The Bertz CT molecular complexity index is 1130. The van der Waals surface area contributed by atoms with Crippen LogP contribution in [-0.4, -0.2) is 33.6 Å². The zero-order valence-corrected chi connectivity index (χ0v) is 18.0. The van der Waals surface area contributed by atoms with Crippen molar-refractivity contribution in [3.8, 4) is 0 Å². The molecule has 0 saturated carbocycles. The van der Waals surface area contributed by atoms with Crippen LogP contribution in [0.5, 0.6) is 0 Å². The van der Waals surface area contributed by atoms with Crippen molar-refractivity contribution in [2.75, 3.05) is 17.2 Å². The Kier molecular flexibility index (Phi) is 5.94. The van der Waals surface area contributed by atoms with Gasteiger partial charge in [-0.3, -0.25) is 4.79 Å². The number of hydrogen-bond donors (Lipinski definition) is 2. The van der Waals surface area contributed by atoms with Crippen LogP contribution in [0.4, 0.5) is 20.6 Å². The maximum Gasteiger partial charge on any atom is 0.322 e. The summed E-state index contributed by atoms with van der Waals surface area (Å²) in [5, 5.41) is 14.5. The fourth-order valence-electron chi connectivity index (χ4n) is 3.54. The summed E-state index contributed by atoms with van der Waals surface area (Å²) < 4.78 is 13.3. The van der Waals surface area contributed by atoms with Crippen molar-refractivity contribution in [1.82, 2.24) is 15.1 Å². The van der Waals surface area contributed by atoms with Gasteiger partial charge in [0.05, 0.1) is 6.04 Å². The van der Waals surface area contributed by atoms with Crippen molar-refractivity contribution in [2.24, 2.45) is 0 Å². The first-order chi connectivity index (χ1) is 14.9. The summed E-state index contributed by atoms with van der Waals surface area (Å²) in [5.41, 5.74) is 3.18. The van der Waals surface area contributed by atoms with E-state index in [1.54, 1.807) is 11.0 Å². The van der Waals surface area contributed by atoms with Crippen LogP contribution in [0.3, 0.4) is 0 Å². The first-order valence-electron chi connectivity index (χ1n) is 9.96. The van der Waals surface area contributed by atoms with Gasteiger partial charge in [0.2, 0.25) is 5.01 Å². The third-order valence-corrected chi connectivity index (χ3v) is 6.17. The summed E-state index contributed by atoms with van der Waals surface area (Å²) in [6, 6.07) is 11.1. The molecule has 1 unspecified atom stereocenters. The lowest BCUT2D eigenvalue weighted by Gasteiger charge is -2.23. The summed E-state index contributed by atoms with van der Waals surface area (Å²) >= 11 is 1.15. The standard InChI is InChI=1S/C22H22FN5O2S/c1-13-8-9-14(2)17(11-13)25-22(30)28-10-4-7-18(28)20-26-27-21(31-20)19(29)24-16-6-3-5-15(23)12-16/h3,5-6,8-9,11-12,18H,4,7,10H2,1-2H3,(H,24,29)(H,25,30). The van der Waals surface area contributed by atoms with Crippen LogP contribution in [-0.2, 0) is 0 Å². The molecule has 0 aliphatic carbocycles. The first-order valence-corrected chi connectivity index (χ1v) is 10.8. The van der Waals surface area contributed by atoms with Gasteiger partial charge in [-0.1, -0.05) is 29.5 Å². The van der Waals surface area contributed by atoms with E-state index < -0.39 is 11.7 Å². The number of likely N-dealkylation sites (tertiary alicyclic amines) is 1. The number of halogens is 1. The number of amides is 3. The first kappa shape index (κ1) is 20.9. The highest BCUT2D eigenvalue weighted by Crippen LogP contribution is 2.34. The van der Waals surface area contributed by atoms with Gasteiger partial charge < -0.3 is 15.5 Å². The molecule has 160 valence electrons. The van der Waals surface area contributed by atoms with E-state index in [1.807, 2.05) is 32.0 Å². The molecule has 1 saturated heterocycles. The SMILES string of the molecule is Cc1ccc(C)c(NC(=O)N2CCCC2c2nnc(C(=O)Nc3cccc(F)c3)s2)c1. The van der Waals surface area contributed by atoms with E-state index in [9.17, 15) is 14.0 Å². The average Bonchev–Trinajstić information content (AvgIpc) is 3.40. The third-order valence-electron chi connectivity index (χ3n) is 5.15. The number of benzene rings is 2. The average molecular weight is 440 g/mol. The van der Waals surface area contributed by atoms with Gasteiger partial charge in [-0.25, -0.2) is 9.18 Å². The second kappa shape index (κ2) is 8.81. The van der Waals surface area contributed by atoms with E-state index in [0.717, 1.165) is 41.0 Å². The van der Waals surface area contributed by atoms with E-state index in [0.29, 0.717) is 17.2 Å². The highest BCUT2D eigenvalue weighted by molar-refractivity contribution is 7.13. The van der Waals surface area contributed by atoms with Crippen molar-refractivity contribution >= 4 is 34.6 Å². The molecule has 1 aromatic heterocycles. The molecule has 0 radical (unpaired) electrons. The normalized spacial score (nSPS) is 15.7. The van der Waals surface area contributed by atoms with Crippen molar-refractivity contribution in [3.63, 3.8) is 0 Å². The van der Waals surface area contributed by atoms with Crippen molar-refractivity contribution < 1.29 is 14.0 Å². The molecule has 7 nitrogen and oxygen atoms in total. The number of carbonyl (C=O) groups excluding carboxylic acids is 2. The lowest BCUT2D eigenvalue weighted by Crippen LogP contribution is -2.34. The zero-order chi connectivity index (χ0) is 22.0. The molecule has 1 aliphatic heterocycles. The van der Waals surface area contributed by atoms with E-state index in [1.165, 1.54) is 18.2 Å². The predicted octanol–water partition coefficient (Wildman–Crippen LogP) is 4.92. The Morgan fingerprint density at radius 2 is 1.97 bits per heavy atom. The maximum atomic E-state index is 13.3. The van der Waals surface area contributed by atoms with E-state index in [2.05, 4.69) is 20.8 Å². The zero-order valence-electron chi connectivity index (χ0n) is 17.2. The molecule has 1 aliphatic rings. The van der Waals surface area contributed by atoms with Crippen molar-refractivity contribution in [3.05, 3.63) is 69.4 Å². The number of rotatable bonds is 4. The molecule has 2 heterocycles. The van der Waals surface area contributed by atoms with Gasteiger partial charge in [0.1, 0.15) is 10.8 Å². The number of anilines is 2. The van der Waals surface area contributed by atoms with Crippen LogP contribution in [0.1, 0.15) is 44.8 Å². The second-order valence-corrected chi connectivity index (χ2v) is 8.52. The Morgan fingerprint density at radius 1 is 1.13 bits per heavy atom. The Morgan fingerprint density at radius 3 is 2.77 bits per heavy atom. The largest absolute Gasteiger partial charge is 0.322 e. The predicted molar refractivity (Wildman–Crippen MR) is 118 cm³/mol. The summed E-state index contributed by atoms with van der Waals surface area (Å²) in [7, 11) is 0. The minimum absolute atomic E-state index is 0.168. The Hall–Kier alpha value is -3.33. The summed E-state index contributed by atoms with van der Waals surface area (Å²) in [6.45, 7) is 4.53. The van der Waals surface area contributed by atoms with Gasteiger partial charge >= 0.3 is 6.03 Å². The van der Waals surface area contributed by atoms with Gasteiger partial charge in [-0.2, -0.15) is 0 Å². The van der Waals surface area contributed by atoms with Crippen LogP contribution in [0, 0.1) is 19.7 Å². The quantitative estimate of drug-likeness (QED) is 0.604. The minimum Gasteiger partial charge on any atom is -0.320 e. The lowest BCUT2D eigenvalue weighted by atomic mass is 10.1. The number of nitrogens with zero attached hydrogens (tertiary/aromatic N) is 3. The summed E-state index contributed by atoms with van der Waals surface area (Å²) in [6.07, 6.45) is 1.59.